The van der Waals surface area contributed by atoms with E-state index in [4.69, 9.17) is 14.2 Å². The molecule has 3 aliphatic carbocycles. The minimum absolute atomic E-state index is 0.261. The van der Waals surface area contributed by atoms with E-state index < -0.39 is 0 Å². The van der Waals surface area contributed by atoms with Crippen LogP contribution in [0.4, 0.5) is 0 Å². The van der Waals surface area contributed by atoms with E-state index in [1.807, 2.05) is 6.08 Å². The van der Waals surface area contributed by atoms with Gasteiger partial charge in [0.2, 0.25) is 13.0 Å². The van der Waals surface area contributed by atoms with Crippen LogP contribution in [-0.2, 0) is 14.2 Å². The number of hydrogen-bond donors (Lipinski definition) is 0. The molecule has 2 fully saturated rings. The van der Waals surface area contributed by atoms with Crippen LogP contribution in [0.3, 0.4) is 0 Å². The fourth-order valence-corrected chi connectivity index (χ4v) is 4.56. The van der Waals surface area contributed by atoms with Crippen LogP contribution in [0.2, 0.25) is 0 Å². The van der Waals surface area contributed by atoms with E-state index in [-0.39, 0.29) is 12.2 Å². The van der Waals surface area contributed by atoms with Crippen molar-refractivity contribution in [1.82, 2.24) is 0 Å². The van der Waals surface area contributed by atoms with Gasteiger partial charge in [-0.25, -0.2) is 0 Å². The number of fused-ring (bicyclic) bond motifs is 2. The van der Waals surface area contributed by atoms with Gasteiger partial charge in [-0.05, 0) is 54.9 Å². The van der Waals surface area contributed by atoms with Crippen molar-refractivity contribution in [3.63, 3.8) is 0 Å². The summed E-state index contributed by atoms with van der Waals surface area (Å²) in [5, 5.41) is 0. The number of nitrogens with zero attached hydrogens (tertiary/aromatic N) is 1. The SMILES string of the molecule is COC1=CC23C=C4OCOC4=CC2=C2CC(CCC2=C[N+]1=O)C3. The number of ether oxygens (including phenoxy) is 3. The van der Waals surface area contributed by atoms with Crippen LogP contribution in [0, 0.1) is 16.2 Å². The molecule has 5 aliphatic rings. The lowest BCUT2D eigenvalue weighted by atomic mass is 9.59. The van der Waals surface area contributed by atoms with E-state index >= 15 is 0 Å². The maximum atomic E-state index is 12.4. The molecule has 0 aromatic rings. The predicted molar refractivity (Wildman–Crippen MR) is 81.4 cm³/mol. The molecule has 0 amide bonds. The zero-order chi connectivity index (χ0) is 15.6. The molecule has 5 rings (SSSR count). The third-order valence-electron chi connectivity index (χ3n) is 5.57. The molecule has 2 aliphatic heterocycles. The fraction of sp³-hybridized carbons (Fsp3) is 0.444. The highest BCUT2D eigenvalue weighted by Crippen LogP contribution is 2.56. The van der Waals surface area contributed by atoms with Gasteiger partial charge in [0, 0.05) is 22.0 Å². The minimum atomic E-state index is -0.335. The summed E-state index contributed by atoms with van der Waals surface area (Å²) < 4.78 is 17.4. The lowest BCUT2D eigenvalue weighted by Crippen LogP contribution is -2.35. The van der Waals surface area contributed by atoms with E-state index in [2.05, 4.69) is 12.2 Å². The number of hydrogen-bond acceptors (Lipinski definition) is 4. The predicted octanol–water partition coefficient (Wildman–Crippen LogP) is 3.42. The molecular formula is C18H18NO4+. The first-order chi connectivity index (χ1) is 11.2. The Morgan fingerprint density at radius 1 is 1.30 bits per heavy atom. The van der Waals surface area contributed by atoms with Crippen LogP contribution in [0.25, 0.3) is 0 Å². The Kier molecular flexibility index (Phi) is 2.50. The van der Waals surface area contributed by atoms with Gasteiger partial charge in [-0.15, -0.1) is 0 Å². The highest BCUT2D eigenvalue weighted by molar-refractivity contribution is 5.57. The number of allylic oxidation sites excluding steroid dienone is 6. The van der Waals surface area contributed by atoms with E-state index in [9.17, 15) is 4.91 Å². The molecule has 5 heteroatoms. The van der Waals surface area contributed by atoms with Crippen molar-refractivity contribution in [1.29, 1.82) is 0 Å². The molecular weight excluding hydrogens is 294 g/mol. The minimum Gasteiger partial charge on any atom is -0.454 e. The highest BCUT2D eigenvalue weighted by atomic mass is 16.7. The molecule has 1 saturated carbocycles. The van der Waals surface area contributed by atoms with Crippen LogP contribution in [0.5, 0.6) is 0 Å². The second-order valence-corrected chi connectivity index (χ2v) is 6.84. The molecule has 23 heavy (non-hydrogen) atoms. The van der Waals surface area contributed by atoms with Crippen molar-refractivity contribution in [2.24, 2.45) is 11.3 Å². The third kappa shape index (κ3) is 1.73. The summed E-state index contributed by atoms with van der Waals surface area (Å²) in [6.07, 6.45) is 12.0. The van der Waals surface area contributed by atoms with Crippen molar-refractivity contribution in [3.8, 4) is 0 Å². The van der Waals surface area contributed by atoms with E-state index in [1.54, 1.807) is 13.3 Å². The van der Waals surface area contributed by atoms with Gasteiger partial charge in [0.05, 0.1) is 7.11 Å². The van der Waals surface area contributed by atoms with Gasteiger partial charge in [0.25, 0.3) is 0 Å². The summed E-state index contributed by atoms with van der Waals surface area (Å²) in [5.74, 6) is 2.56. The third-order valence-corrected chi connectivity index (χ3v) is 5.57. The summed E-state index contributed by atoms with van der Waals surface area (Å²) >= 11 is 0. The van der Waals surface area contributed by atoms with Crippen LogP contribution in [0.15, 0.2) is 58.5 Å². The van der Waals surface area contributed by atoms with Gasteiger partial charge in [-0.2, -0.15) is 0 Å². The van der Waals surface area contributed by atoms with Crippen LogP contribution in [0.1, 0.15) is 25.7 Å². The Labute approximate surface area is 134 Å². The van der Waals surface area contributed by atoms with Crippen LogP contribution >= 0.6 is 0 Å². The van der Waals surface area contributed by atoms with Gasteiger partial charge in [-0.1, -0.05) is 0 Å². The van der Waals surface area contributed by atoms with Gasteiger partial charge in [0.1, 0.15) is 4.76 Å². The maximum absolute atomic E-state index is 12.4. The first-order valence-electron chi connectivity index (χ1n) is 8.07. The molecule has 2 unspecified atom stereocenters. The van der Waals surface area contributed by atoms with Gasteiger partial charge in [0.15, 0.2) is 11.5 Å². The standard InChI is InChI=1S/C18H18NO4/c1-21-17-8-18-6-11-2-3-12(9-19(17)20)13(4-11)14(18)5-15-16(7-18)23-10-22-15/h5,7-9,11H,2-4,6,10H2,1H3/q+1. The van der Waals surface area contributed by atoms with Crippen molar-refractivity contribution in [2.45, 2.75) is 25.7 Å². The van der Waals surface area contributed by atoms with Crippen molar-refractivity contribution < 1.29 is 19.0 Å². The number of methoxy groups -OCH3 is 1. The van der Waals surface area contributed by atoms with Gasteiger partial charge < -0.3 is 14.2 Å². The average molecular weight is 312 g/mol. The zero-order valence-corrected chi connectivity index (χ0v) is 13.0. The molecule has 2 heterocycles. The average Bonchev–Trinajstić information content (AvgIpc) is 2.99. The molecule has 3 bridgehead atoms. The van der Waals surface area contributed by atoms with E-state index in [0.717, 1.165) is 47.5 Å². The lowest BCUT2D eigenvalue weighted by molar-refractivity contribution is -0.462. The number of rotatable bonds is 1. The van der Waals surface area contributed by atoms with Crippen molar-refractivity contribution in [3.05, 3.63) is 63.5 Å². The summed E-state index contributed by atoms with van der Waals surface area (Å²) in [4.78, 5) is 12.4. The highest BCUT2D eigenvalue weighted by Gasteiger charge is 2.48. The Balaban J connectivity index is 1.83. The lowest BCUT2D eigenvalue weighted by Gasteiger charge is -2.44. The molecule has 2 atom stereocenters. The van der Waals surface area contributed by atoms with Gasteiger partial charge in [-0.3, -0.25) is 0 Å². The molecule has 0 aromatic carbocycles. The van der Waals surface area contributed by atoms with E-state index in [1.165, 1.54) is 11.1 Å². The largest absolute Gasteiger partial charge is 0.454 e. The summed E-state index contributed by atoms with van der Waals surface area (Å²) in [6.45, 7) is 0.261. The molecule has 118 valence electrons. The first kappa shape index (κ1) is 13.2. The van der Waals surface area contributed by atoms with Gasteiger partial charge >= 0.3 is 5.88 Å². The Morgan fingerprint density at radius 2 is 2.17 bits per heavy atom. The second-order valence-electron chi connectivity index (χ2n) is 6.84. The fourth-order valence-electron chi connectivity index (χ4n) is 4.56. The topological polar surface area (TPSA) is 47.8 Å². The molecule has 0 aromatic heterocycles. The maximum Gasteiger partial charge on any atom is 0.419 e. The second kappa shape index (κ2) is 4.37. The molecule has 1 saturated heterocycles. The Bertz CT molecular complexity index is 783. The normalized spacial score (nSPS) is 34.0. The molecule has 0 spiro atoms. The smallest absolute Gasteiger partial charge is 0.419 e. The van der Waals surface area contributed by atoms with Crippen molar-refractivity contribution >= 4 is 0 Å². The molecule has 5 nitrogen and oxygen atoms in total. The Hall–Kier alpha value is -2.30. The number of nitroso groups, excluding NO2 is 1. The molecule has 0 N–H and O–H groups in total. The van der Waals surface area contributed by atoms with Crippen molar-refractivity contribution in [2.75, 3.05) is 13.9 Å². The van der Waals surface area contributed by atoms with E-state index in [0.29, 0.717) is 11.8 Å². The summed E-state index contributed by atoms with van der Waals surface area (Å²) in [6, 6.07) is 0. The quantitative estimate of drug-likeness (QED) is 0.696. The Morgan fingerprint density at radius 3 is 3.04 bits per heavy atom. The monoisotopic (exact) mass is 312 g/mol. The first-order valence-corrected chi connectivity index (χ1v) is 8.07. The van der Waals surface area contributed by atoms with Crippen LogP contribution in [-0.4, -0.2) is 18.7 Å². The molecule has 0 radical (unpaired) electrons. The summed E-state index contributed by atoms with van der Waals surface area (Å²) in [5.41, 5.74) is 3.34. The van der Waals surface area contributed by atoms with Crippen LogP contribution < -0.4 is 0 Å². The summed E-state index contributed by atoms with van der Waals surface area (Å²) in [7, 11) is 1.55. The zero-order valence-electron chi connectivity index (χ0n) is 13.0.